The first-order valence-corrected chi connectivity index (χ1v) is 6.00. The number of carboxylic acid groups (broad SMARTS) is 1. The van der Waals surface area contributed by atoms with E-state index in [1.807, 2.05) is 0 Å². The lowest BCUT2D eigenvalue weighted by Crippen LogP contribution is -3.05. The number of aliphatic carboxylic acids is 1. The van der Waals surface area contributed by atoms with Crippen LogP contribution in [0.4, 0.5) is 0 Å². The average Bonchev–Trinajstić information content (AvgIpc) is 2.18. The Kier molecular flexibility index (Phi) is 0.763. The number of rotatable bonds is 4. The number of hydrogen-bond donors (Lipinski definition) is 1. The highest BCUT2D eigenvalue weighted by atomic mass is 16.4. The normalized spacial score (nSPS) is 71.9. The topological polar surface area (TPSA) is 37.3 Å². The van der Waals surface area contributed by atoms with E-state index in [1.54, 1.807) is 0 Å². The molecule has 0 aromatic heterocycles. The lowest BCUT2D eigenvalue weighted by Gasteiger charge is -3.08. The van der Waals surface area contributed by atoms with Crippen LogP contribution in [-0.2, 0) is 4.79 Å². The maximum absolute atomic E-state index is 10.5. The highest BCUT2D eigenvalue weighted by Gasteiger charge is 3.03. The van der Waals surface area contributed by atoms with Crippen molar-refractivity contribution < 1.29 is 9.90 Å². The number of carbonyl (C=O) groups is 1. The first-order valence-electron chi connectivity index (χ1n) is 6.00. The van der Waals surface area contributed by atoms with Gasteiger partial charge in [-0.1, -0.05) is 0 Å². The van der Waals surface area contributed by atoms with Gasteiger partial charge in [0.2, 0.25) is 0 Å². The molecule has 6 rings (SSSR count). The summed E-state index contributed by atoms with van der Waals surface area (Å²) in [6.45, 7) is 0. The van der Waals surface area contributed by atoms with Gasteiger partial charge in [-0.3, -0.25) is 4.79 Å². The van der Waals surface area contributed by atoms with Gasteiger partial charge >= 0.3 is 5.97 Å². The van der Waals surface area contributed by atoms with Crippen molar-refractivity contribution in [1.29, 1.82) is 0 Å². The summed E-state index contributed by atoms with van der Waals surface area (Å²) in [7, 11) is 0. The molecule has 0 aromatic carbocycles. The zero-order chi connectivity index (χ0) is 9.24. The van der Waals surface area contributed by atoms with Crippen LogP contribution in [0, 0.1) is 46.8 Å². The predicted octanol–water partition coefficient (Wildman–Crippen LogP) is 1.61. The van der Waals surface area contributed by atoms with E-state index in [-0.39, 0.29) is 0 Å². The summed E-state index contributed by atoms with van der Waals surface area (Å²) in [5, 5.41) is 8.63. The van der Waals surface area contributed by atoms with Crippen molar-refractivity contribution in [3.05, 3.63) is 0 Å². The van der Waals surface area contributed by atoms with E-state index in [2.05, 4.69) is 0 Å². The van der Waals surface area contributed by atoms with Gasteiger partial charge in [0.1, 0.15) is 0 Å². The maximum Gasteiger partial charge on any atom is 0.303 e. The van der Waals surface area contributed by atoms with Crippen LogP contribution in [0.15, 0.2) is 0 Å². The van der Waals surface area contributed by atoms with Crippen LogP contribution in [0.3, 0.4) is 0 Å². The minimum absolute atomic E-state index is 0.400. The minimum Gasteiger partial charge on any atom is -0.481 e. The summed E-state index contributed by atoms with van der Waals surface area (Å²) < 4.78 is 0. The van der Waals surface area contributed by atoms with Gasteiger partial charge in [0, 0.05) is 6.42 Å². The molecule has 0 atom stereocenters. The van der Waals surface area contributed by atoms with Gasteiger partial charge in [-0.2, -0.15) is 0 Å². The highest BCUT2D eigenvalue weighted by Crippen LogP contribution is 3.06. The molecule has 6 fully saturated rings. The Hall–Kier alpha value is -0.530. The molecule has 2 nitrogen and oxygen atoms in total. The minimum atomic E-state index is -0.609. The van der Waals surface area contributed by atoms with Crippen LogP contribution < -0.4 is 0 Å². The van der Waals surface area contributed by atoms with Gasteiger partial charge < -0.3 is 5.11 Å². The van der Waals surface area contributed by atoms with Crippen molar-refractivity contribution in [2.45, 2.75) is 19.3 Å². The number of hydrogen-bond acceptors (Lipinski definition) is 1. The first kappa shape index (κ1) is 6.86. The summed E-state index contributed by atoms with van der Waals surface area (Å²) in [5.41, 5.74) is 0.740. The summed E-state index contributed by atoms with van der Waals surface area (Å²) in [6, 6.07) is 0. The largest absolute Gasteiger partial charge is 0.481 e. The molecule has 0 heterocycles. The van der Waals surface area contributed by atoms with Crippen molar-refractivity contribution in [1.82, 2.24) is 0 Å². The Balaban J connectivity index is 1.32. The van der Waals surface area contributed by atoms with Crippen LogP contribution in [-0.4, -0.2) is 11.1 Å². The Bertz CT molecular complexity index is 322. The molecule has 6 aliphatic rings. The molecule has 6 saturated carbocycles. The van der Waals surface area contributed by atoms with Gasteiger partial charge in [-0.25, -0.2) is 0 Å². The molecular formula is C12H14O2. The third-order valence-electron chi connectivity index (χ3n) is 6.68. The molecular weight excluding hydrogens is 176 g/mol. The van der Waals surface area contributed by atoms with Crippen molar-refractivity contribution in [3.8, 4) is 0 Å². The van der Waals surface area contributed by atoms with E-state index in [9.17, 15) is 4.79 Å². The number of carboxylic acids is 1. The lowest BCUT2D eigenvalue weighted by molar-refractivity contribution is -0.616. The maximum atomic E-state index is 10.5. The summed E-state index contributed by atoms with van der Waals surface area (Å²) in [4.78, 5) is 10.5. The van der Waals surface area contributed by atoms with Crippen LogP contribution in [0.1, 0.15) is 19.3 Å². The van der Waals surface area contributed by atoms with E-state index in [4.69, 9.17) is 5.11 Å². The molecule has 0 aromatic rings. The second-order valence-electron chi connectivity index (χ2n) is 6.25. The van der Waals surface area contributed by atoms with Gasteiger partial charge in [0.25, 0.3) is 0 Å². The van der Waals surface area contributed by atoms with Gasteiger partial charge in [-0.05, 0) is 59.7 Å². The fourth-order valence-corrected chi connectivity index (χ4v) is 6.72. The van der Waals surface area contributed by atoms with Crippen LogP contribution in [0.5, 0.6) is 0 Å². The molecule has 0 bridgehead atoms. The molecule has 0 spiro atoms. The molecule has 0 radical (unpaired) electrons. The Labute approximate surface area is 82.7 Å². The van der Waals surface area contributed by atoms with Crippen molar-refractivity contribution in [2.75, 3.05) is 0 Å². The third-order valence-corrected chi connectivity index (χ3v) is 6.68. The molecule has 0 saturated heterocycles. The van der Waals surface area contributed by atoms with Crippen molar-refractivity contribution in [2.24, 2.45) is 46.8 Å². The zero-order valence-electron chi connectivity index (χ0n) is 8.02. The molecule has 74 valence electrons. The summed E-state index contributed by atoms with van der Waals surface area (Å²) >= 11 is 0. The molecule has 6 aliphatic carbocycles. The lowest BCUT2D eigenvalue weighted by atomic mass is 8.96. The Morgan fingerprint density at radius 3 is 2.14 bits per heavy atom. The quantitative estimate of drug-likeness (QED) is 0.731. The summed E-state index contributed by atoms with van der Waals surface area (Å²) in [5.74, 6) is 7.33. The standard InChI is InChI=1S/C12H14O2/c13-4(14)2-1-3-12-9-6-5-7(9)11(12)8(5)10(6)12/h5-11H,1-3H2,(H,13,14). The molecule has 2 heteroatoms. The second kappa shape index (κ2) is 1.56. The average molecular weight is 190 g/mol. The fraction of sp³-hybridized carbons (Fsp3) is 0.917. The third kappa shape index (κ3) is 0.344. The van der Waals surface area contributed by atoms with E-state index >= 15 is 0 Å². The SMILES string of the molecule is O=C(O)CCCC12C3C4C5C3C1C5C42. The van der Waals surface area contributed by atoms with E-state index in [0.717, 1.165) is 47.3 Å². The molecule has 0 aliphatic heterocycles. The fourth-order valence-electron chi connectivity index (χ4n) is 6.72. The van der Waals surface area contributed by atoms with E-state index in [1.165, 1.54) is 12.3 Å². The van der Waals surface area contributed by atoms with Gasteiger partial charge in [0.05, 0.1) is 0 Å². The molecule has 14 heavy (non-hydrogen) atoms. The van der Waals surface area contributed by atoms with Crippen LogP contribution in [0.25, 0.3) is 0 Å². The molecule has 0 unspecified atom stereocenters. The highest BCUT2D eigenvalue weighted by molar-refractivity contribution is 5.66. The van der Waals surface area contributed by atoms with E-state index < -0.39 is 5.97 Å². The van der Waals surface area contributed by atoms with Crippen LogP contribution >= 0.6 is 0 Å². The summed E-state index contributed by atoms with van der Waals surface area (Å²) in [6.07, 6.45) is 2.59. The van der Waals surface area contributed by atoms with Gasteiger partial charge in [0.15, 0.2) is 0 Å². The smallest absolute Gasteiger partial charge is 0.303 e. The van der Waals surface area contributed by atoms with E-state index in [0.29, 0.717) is 6.42 Å². The molecule has 1 N–H and O–H groups in total. The molecule has 0 amide bonds. The zero-order valence-corrected chi connectivity index (χ0v) is 8.02. The Morgan fingerprint density at radius 2 is 1.64 bits per heavy atom. The van der Waals surface area contributed by atoms with Gasteiger partial charge in [-0.15, -0.1) is 0 Å². The Morgan fingerprint density at radius 1 is 1.07 bits per heavy atom. The monoisotopic (exact) mass is 190 g/mol. The second-order valence-corrected chi connectivity index (χ2v) is 6.25. The van der Waals surface area contributed by atoms with Crippen LogP contribution in [0.2, 0.25) is 0 Å². The van der Waals surface area contributed by atoms with Crippen molar-refractivity contribution >= 4 is 5.97 Å². The predicted molar refractivity (Wildman–Crippen MR) is 48.3 cm³/mol. The van der Waals surface area contributed by atoms with Crippen molar-refractivity contribution in [3.63, 3.8) is 0 Å². The first-order chi connectivity index (χ1) is 6.78.